The number of hydrogen-bond acceptors (Lipinski definition) is 4. The minimum atomic E-state index is -0.902. The van der Waals surface area contributed by atoms with Crippen LogP contribution < -0.4 is 5.11 Å². The van der Waals surface area contributed by atoms with Crippen molar-refractivity contribution in [1.29, 1.82) is 0 Å². The molecule has 9 unspecified atom stereocenters. The summed E-state index contributed by atoms with van der Waals surface area (Å²) in [7, 11) is 0. The average Bonchev–Trinajstić information content (AvgIpc) is 3.03. The second kappa shape index (κ2) is 8.13. The second-order valence-corrected chi connectivity index (χ2v) is 11.8. The van der Waals surface area contributed by atoms with Gasteiger partial charge in [-0.1, -0.05) is 20.8 Å². The van der Waals surface area contributed by atoms with Gasteiger partial charge in [-0.15, -0.1) is 0 Å². The Hall–Kier alpha value is -1.06. The molecule has 30 heavy (non-hydrogen) atoms. The summed E-state index contributed by atoms with van der Waals surface area (Å²) in [5.74, 6) is 3.24. The molecule has 0 bridgehead atoms. The summed E-state index contributed by atoms with van der Waals surface area (Å²) in [6.45, 7) is 8.90. The molecule has 0 aromatic heterocycles. The Bertz CT molecular complexity index is 674. The number of fused-ring (bicyclic) bond motifs is 5. The van der Waals surface area contributed by atoms with Crippen LogP contribution in [0.5, 0.6) is 0 Å². The summed E-state index contributed by atoms with van der Waals surface area (Å²) in [6, 6.07) is 0. The number of aliphatic carboxylic acids is 1. The SMILES string of the molecule is CC(=O)OC1CCC2(C)C(CCC3C2CCC2(C)C(C(C)CCC(=O)[O-])CCC32)C1. The molecule has 9 atom stereocenters. The molecule has 0 aromatic rings. The molecule has 0 saturated heterocycles. The molecule has 4 saturated carbocycles. The normalized spacial score (nSPS) is 46.3. The van der Waals surface area contributed by atoms with Crippen LogP contribution in [0.1, 0.15) is 98.3 Å². The lowest BCUT2D eigenvalue weighted by molar-refractivity contribution is -0.306. The van der Waals surface area contributed by atoms with E-state index < -0.39 is 5.97 Å². The minimum absolute atomic E-state index is 0.129. The predicted molar refractivity (Wildman–Crippen MR) is 114 cm³/mol. The van der Waals surface area contributed by atoms with Crippen LogP contribution in [0.25, 0.3) is 0 Å². The first-order valence-electron chi connectivity index (χ1n) is 12.5. The van der Waals surface area contributed by atoms with Crippen molar-refractivity contribution >= 4 is 11.9 Å². The van der Waals surface area contributed by atoms with Gasteiger partial charge in [0, 0.05) is 12.9 Å². The molecule has 4 aliphatic rings. The van der Waals surface area contributed by atoms with Crippen LogP contribution in [0, 0.1) is 46.3 Å². The van der Waals surface area contributed by atoms with Crippen molar-refractivity contribution in [2.75, 3.05) is 0 Å². The molecule has 0 radical (unpaired) electrons. The number of esters is 1. The maximum absolute atomic E-state index is 11.5. The molecule has 0 aliphatic heterocycles. The second-order valence-electron chi connectivity index (χ2n) is 11.8. The molecular formula is C26H41O4-. The van der Waals surface area contributed by atoms with Crippen LogP contribution >= 0.6 is 0 Å². The first kappa shape index (κ1) is 22.1. The summed E-state index contributed by atoms with van der Waals surface area (Å²) in [5, 5.41) is 11.0. The van der Waals surface area contributed by atoms with Crippen LogP contribution in [0.4, 0.5) is 0 Å². The van der Waals surface area contributed by atoms with E-state index in [1.807, 2.05) is 0 Å². The Morgan fingerprint density at radius 3 is 2.40 bits per heavy atom. The summed E-state index contributed by atoms with van der Waals surface area (Å²) < 4.78 is 5.60. The standard InChI is InChI=1S/C26H42O4/c1-16(5-10-24(28)29)21-8-9-22-20-7-6-18-15-19(30-17(2)27)11-13-25(18,3)23(20)12-14-26(21,22)4/h16,18-23H,5-15H2,1-4H3,(H,28,29)/p-1. The maximum atomic E-state index is 11.5. The molecule has 4 fully saturated rings. The van der Waals surface area contributed by atoms with E-state index in [1.165, 1.54) is 51.9 Å². The quantitative estimate of drug-likeness (QED) is 0.606. The summed E-state index contributed by atoms with van der Waals surface area (Å²) in [4.78, 5) is 22.4. The lowest BCUT2D eigenvalue weighted by Gasteiger charge is -2.61. The molecule has 4 aliphatic carbocycles. The van der Waals surface area contributed by atoms with Gasteiger partial charge in [0.1, 0.15) is 6.10 Å². The topological polar surface area (TPSA) is 66.4 Å². The smallest absolute Gasteiger partial charge is 0.302 e. The number of ether oxygens (including phenoxy) is 1. The van der Waals surface area contributed by atoms with Crippen LogP contribution in [-0.4, -0.2) is 18.0 Å². The van der Waals surface area contributed by atoms with E-state index in [0.29, 0.717) is 28.6 Å². The zero-order chi connectivity index (χ0) is 21.7. The van der Waals surface area contributed by atoms with Crippen molar-refractivity contribution in [2.24, 2.45) is 46.3 Å². The number of carbonyl (C=O) groups excluding carboxylic acids is 2. The van der Waals surface area contributed by atoms with Gasteiger partial charge in [0.15, 0.2) is 0 Å². The average molecular weight is 418 g/mol. The first-order chi connectivity index (χ1) is 14.1. The van der Waals surface area contributed by atoms with Gasteiger partial charge in [-0.25, -0.2) is 0 Å². The van der Waals surface area contributed by atoms with E-state index in [4.69, 9.17) is 4.74 Å². The fourth-order valence-electron chi connectivity index (χ4n) is 9.08. The van der Waals surface area contributed by atoms with Gasteiger partial charge in [-0.2, -0.15) is 0 Å². The molecule has 0 N–H and O–H groups in total. The van der Waals surface area contributed by atoms with Gasteiger partial charge in [0.05, 0.1) is 0 Å². The highest BCUT2D eigenvalue weighted by molar-refractivity contribution is 5.66. The van der Waals surface area contributed by atoms with Gasteiger partial charge in [-0.3, -0.25) is 4.79 Å². The largest absolute Gasteiger partial charge is 0.550 e. The zero-order valence-electron chi connectivity index (χ0n) is 19.5. The fraction of sp³-hybridized carbons (Fsp3) is 0.923. The maximum Gasteiger partial charge on any atom is 0.302 e. The molecule has 170 valence electrons. The van der Waals surface area contributed by atoms with Crippen molar-refractivity contribution < 1.29 is 19.4 Å². The summed E-state index contributed by atoms with van der Waals surface area (Å²) >= 11 is 0. The van der Waals surface area contributed by atoms with E-state index in [-0.39, 0.29) is 18.5 Å². The highest BCUT2D eigenvalue weighted by Crippen LogP contribution is 2.68. The Morgan fingerprint density at radius 2 is 1.70 bits per heavy atom. The third kappa shape index (κ3) is 3.71. The van der Waals surface area contributed by atoms with Gasteiger partial charge >= 0.3 is 5.97 Å². The monoisotopic (exact) mass is 417 g/mol. The third-order valence-electron chi connectivity index (χ3n) is 10.5. The lowest BCUT2D eigenvalue weighted by Crippen LogP contribution is -2.54. The Labute approximate surface area is 182 Å². The summed E-state index contributed by atoms with van der Waals surface area (Å²) in [6.07, 6.45) is 12.2. The fourth-order valence-corrected chi connectivity index (χ4v) is 9.08. The molecule has 0 aromatic carbocycles. The zero-order valence-corrected chi connectivity index (χ0v) is 19.5. The first-order valence-corrected chi connectivity index (χ1v) is 12.5. The van der Waals surface area contributed by atoms with Crippen LogP contribution in [0.2, 0.25) is 0 Å². The van der Waals surface area contributed by atoms with Gasteiger partial charge < -0.3 is 14.6 Å². The Kier molecular flexibility index (Phi) is 6.00. The van der Waals surface area contributed by atoms with E-state index >= 15 is 0 Å². The molecule has 0 spiro atoms. The third-order valence-corrected chi connectivity index (χ3v) is 10.5. The molecule has 4 heteroatoms. The van der Waals surface area contributed by atoms with Crippen LogP contribution in [0.3, 0.4) is 0 Å². The highest BCUT2D eigenvalue weighted by atomic mass is 16.5. The van der Waals surface area contributed by atoms with Crippen molar-refractivity contribution in [3.8, 4) is 0 Å². The Balaban J connectivity index is 1.47. The minimum Gasteiger partial charge on any atom is -0.550 e. The van der Waals surface area contributed by atoms with Gasteiger partial charge in [-0.05, 0) is 117 Å². The van der Waals surface area contributed by atoms with E-state index in [0.717, 1.165) is 37.0 Å². The van der Waals surface area contributed by atoms with Crippen molar-refractivity contribution in [3.05, 3.63) is 0 Å². The van der Waals surface area contributed by atoms with Crippen molar-refractivity contribution in [1.82, 2.24) is 0 Å². The van der Waals surface area contributed by atoms with E-state index in [9.17, 15) is 14.7 Å². The molecule has 4 nitrogen and oxygen atoms in total. The number of hydrogen-bond donors (Lipinski definition) is 0. The van der Waals surface area contributed by atoms with Crippen molar-refractivity contribution in [3.63, 3.8) is 0 Å². The number of carbonyl (C=O) groups is 2. The van der Waals surface area contributed by atoms with Crippen molar-refractivity contribution in [2.45, 2.75) is 104 Å². The highest BCUT2D eigenvalue weighted by Gasteiger charge is 2.60. The van der Waals surface area contributed by atoms with Crippen LogP contribution in [-0.2, 0) is 14.3 Å². The molecule has 4 rings (SSSR count). The molecule has 0 heterocycles. The van der Waals surface area contributed by atoms with E-state index in [1.54, 1.807) is 0 Å². The van der Waals surface area contributed by atoms with Crippen LogP contribution in [0.15, 0.2) is 0 Å². The van der Waals surface area contributed by atoms with E-state index in [2.05, 4.69) is 20.8 Å². The number of carboxylic acid groups (broad SMARTS) is 1. The van der Waals surface area contributed by atoms with Gasteiger partial charge in [0.25, 0.3) is 0 Å². The lowest BCUT2D eigenvalue weighted by atomic mass is 9.44. The molecular weight excluding hydrogens is 376 g/mol. The molecule has 0 amide bonds. The Morgan fingerprint density at radius 1 is 1.00 bits per heavy atom. The number of carboxylic acids is 1. The van der Waals surface area contributed by atoms with Gasteiger partial charge in [0.2, 0.25) is 0 Å². The predicted octanol–water partition coefficient (Wildman–Crippen LogP) is 4.74. The number of rotatable bonds is 5. The summed E-state index contributed by atoms with van der Waals surface area (Å²) in [5.41, 5.74) is 0.782.